The van der Waals surface area contributed by atoms with Gasteiger partial charge in [-0.2, -0.15) is 0 Å². The summed E-state index contributed by atoms with van der Waals surface area (Å²) in [5.41, 5.74) is 9.09. The van der Waals surface area contributed by atoms with Gasteiger partial charge in [0.05, 0.1) is 0 Å². The second-order valence-corrected chi connectivity index (χ2v) is 6.10. The van der Waals surface area contributed by atoms with Crippen molar-refractivity contribution < 1.29 is 0 Å². The Morgan fingerprint density at radius 2 is 2.00 bits per heavy atom. The van der Waals surface area contributed by atoms with Gasteiger partial charge >= 0.3 is 0 Å². The first kappa shape index (κ1) is 14.5. The van der Waals surface area contributed by atoms with Gasteiger partial charge < -0.3 is 5.73 Å². The van der Waals surface area contributed by atoms with Crippen molar-refractivity contribution in [3.8, 4) is 0 Å². The molecule has 1 aromatic rings. The fraction of sp³-hybridized carbons (Fsp3) is 0.647. The lowest BCUT2D eigenvalue weighted by molar-refractivity contribution is 0.168. The number of nitrogens with two attached hydrogens (primary N) is 1. The molecule has 0 bridgehead atoms. The average molecular weight is 260 g/mol. The Bertz CT molecular complexity index is 396. The topological polar surface area (TPSA) is 29.3 Å². The summed E-state index contributed by atoms with van der Waals surface area (Å²) >= 11 is 0. The van der Waals surface area contributed by atoms with Gasteiger partial charge in [-0.3, -0.25) is 4.90 Å². The average Bonchev–Trinajstić information content (AvgIpc) is 3.16. The van der Waals surface area contributed by atoms with Crippen LogP contribution in [0.5, 0.6) is 0 Å². The fourth-order valence-corrected chi connectivity index (χ4v) is 2.99. The molecule has 1 aliphatic rings. The van der Waals surface area contributed by atoms with Crippen LogP contribution in [0.15, 0.2) is 24.3 Å². The zero-order valence-corrected chi connectivity index (χ0v) is 12.6. The quantitative estimate of drug-likeness (QED) is 0.813. The van der Waals surface area contributed by atoms with E-state index in [1.54, 1.807) is 0 Å². The first-order chi connectivity index (χ1) is 9.13. The molecule has 0 spiro atoms. The fourth-order valence-electron chi connectivity index (χ4n) is 2.99. The minimum atomic E-state index is 0.173. The van der Waals surface area contributed by atoms with Crippen LogP contribution < -0.4 is 5.73 Å². The molecule has 19 heavy (non-hydrogen) atoms. The Kier molecular flexibility index (Phi) is 5.00. The summed E-state index contributed by atoms with van der Waals surface area (Å²) in [5, 5.41) is 0. The van der Waals surface area contributed by atoms with Crippen LogP contribution in [-0.4, -0.2) is 24.0 Å². The molecule has 0 amide bonds. The molecule has 1 fully saturated rings. The Balaban J connectivity index is 2.23. The van der Waals surface area contributed by atoms with E-state index in [0.29, 0.717) is 6.04 Å². The molecule has 0 radical (unpaired) electrons. The molecule has 2 rings (SSSR count). The van der Waals surface area contributed by atoms with Crippen molar-refractivity contribution in [2.24, 2.45) is 11.7 Å². The van der Waals surface area contributed by atoms with Gasteiger partial charge in [-0.1, -0.05) is 31.2 Å². The van der Waals surface area contributed by atoms with Crippen LogP contribution in [0.2, 0.25) is 0 Å². The predicted molar refractivity (Wildman–Crippen MR) is 82.2 cm³/mol. The van der Waals surface area contributed by atoms with E-state index in [-0.39, 0.29) is 6.04 Å². The van der Waals surface area contributed by atoms with Crippen molar-refractivity contribution in [1.29, 1.82) is 0 Å². The number of rotatable bonds is 7. The second-order valence-electron chi connectivity index (χ2n) is 6.10. The molecule has 1 aliphatic carbocycles. The Morgan fingerprint density at radius 1 is 1.32 bits per heavy atom. The molecule has 0 heterocycles. The van der Waals surface area contributed by atoms with Crippen LogP contribution in [0.25, 0.3) is 0 Å². The van der Waals surface area contributed by atoms with E-state index >= 15 is 0 Å². The molecule has 2 heteroatoms. The van der Waals surface area contributed by atoms with Crippen molar-refractivity contribution in [1.82, 2.24) is 4.90 Å². The standard InChI is InChI=1S/C17H28N2/c1-4-11-19(12-15-9-10-15)17(14(3)18)16-8-6-5-7-13(16)2/h5-8,14-15,17H,4,9-12,18H2,1-3H3. The smallest absolute Gasteiger partial charge is 0.0499 e. The van der Waals surface area contributed by atoms with Gasteiger partial charge in [-0.25, -0.2) is 0 Å². The summed E-state index contributed by atoms with van der Waals surface area (Å²) in [5.74, 6) is 0.914. The molecule has 106 valence electrons. The van der Waals surface area contributed by atoms with Crippen LogP contribution in [0.4, 0.5) is 0 Å². The number of benzene rings is 1. The number of hydrogen-bond acceptors (Lipinski definition) is 2. The van der Waals surface area contributed by atoms with Crippen molar-refractivity contribution in [3.05, 3.63) is 35.4 Å². The van der Waals surface area contributed by atoms with Gasteiger partial charge in [0, 0.05) is 18.6 Å². The highest BCUT2D eigenvalue weighted by Crippen LogP contribution is 2.34. The lowest BCUT2D eigenvalue weighted by Crippen LogP contribution is -2.41. The molecule has 2 nitrogen and oxygen atoms in total. The first-order valence-electron chi connectivity index (χ1n) is 7.68. The molecular formula is C17H28N2. The molecule has 2 N–H and O–H groups in total. The zero-order valence-electron chi connectivity index (χ0n) is 12.6. The first-order valence-corrected chi connectivity index (χ1v) is 7.68. The van der Waals surface area contributed by atoms with Crippen LogP contribution >= 0.6 is 0 Å². The summed E-state index contributed by atoms with van der Waals surface area (Å²) in [7, 11) is 0. The molecular weight excluding hydrogens is 232 g/mol. The van der Waals surface area contributed by atoms with Crippen LogP contribution in [0, 0.1) is 12.8 Å². The summed E-state index contributed by atoms with van der Waals surface area (Å²) in [6, 6.07) is 9.24. The monoisotopic (exact) mass is 260 g/mol. The lowest BCUT2D eigenvalue weighted by Gasteiger charge is -2.35. The molecule has 2 unspecified atom stereocenters. The summed E-state index contributed by atoms with van der Waals surface area (Å²) < 4.78 is 0. The molecule has 1 aromatic carbocycles. The highest BCUT2D eigenvalue weighted by atomic mass is 15.2. The maximum atomic E-state index is 6.32. The number of nitrogens with zero attached hydrogens (tertiary/aromatic N) is 1. The second kappa shape index (κ2) is 6.53. The maximum absolute atomic E-state index is 6.32. The van der Waals surface area contributed by atoms with E-state index in [1.165, 1.54) is 36.9 Å². The highest BCUT2D eigenvalue weighted by Gasteiger charge is 2.30. The summed E-state index contributed by atoms with van der Waals surface area (Å²) in [4.78, 5) is 2.62. The minimum absolute atomic E-state index is 0.173. The minimum Gasteiger partial charge on any atom is -0.326 e. The number of hydrogen-bond donors (Lipinski definition) is 1. The van der Waals surface area contributed by atoms with Crippen molar-refractivity contribution >= 4 is 0 Å². The van der Waals surface area contributed by atoms with E-state index in [1.807, 2.05) is 0 Å². The maximum Gasteiger partial charge on any atom is 0.0499 e. The highest BCUT2D eigenvalue weighted by molar-refractivity contribution is 5.30. The van der Waals surface area contributed by atoms with Gasteiger partial charge in [0.1, 0.15) is 0 Å². The third kappa shape index (κ3) is 3.80. The Morgan fingerprint density at radius 3 is 2.53 bits per heavy atom. The van der Waals surface area contributed by atoms with E-state index in [4.69, 9.17) is 5.73 Å². The molecule has 0 aliphatic heterocycles. The summed E-state index contributed by atoms with van der Waals surface area (Å²) in [6.07, 6.45) is 4.00. The van der Waals surface area contributed by atoms with E-state index in [9.17, 15) is 0 Å². The normalized spacial score (nSPS) is 18.6. The lowest BCUT2D eigenvalue weighted by atomic mass is 9.94. The SMILES string of the molecule is CCCN(CC1CC1)C(c1ccccc1C)C(C)N. The van der Waals surface area contributed by atoms with Gasteiger partial charge in [-0.15, -0.1) is 0 Å². The van der Waals surface area contributed by atoms with Gasteiger partial charge in [0.25, 0.3) is 0 Å². The molecule has 0 aromatic heterocycles. The van der Waals surface area contributed by atoms with Crippen molar-refractivity contribution in [2.45, 2.75) is 52.1 Å². The summed E-state index contributed by atoms with van der Waals surface area (Å²) in [6.45, 7) is 8.97. The van der Waals surface area contributed by atoms with E-state index in [0.717, 1.165) is 12.5 Å². The molecule has 2 atom stereocenters. The van der Waals surface area contributed by atoms with E-state index in [2.05, 4.69) is 49.9 Å². The zero-order chi connectivity index (χ0) is 13.8. The van der Waals surface area contributed by atoms with Crippen LogP contribution in [0.3, 0.4) is 0 Å². The van der Waals surface area contributed by atoms with Gasteiger partial charge in [-0.05, 0) is 56.7 Å². The molecule has 1 saturated carbocycles. The third-order valence-corrected chi connectivity index (χ3v) is 4.10. The third-order valence-electron chi connectivity index (χ3n) is 4.10. The largest absolute Gasteiger partial charge is 0.326 e. The van der Waals surface area contributed by atoms with Crippen LogP contribution in [-0.2, 0) is 0 Å². The number of aryl methyl sites for hydroxylation is 1. The predicted octanol–water partition coefficient (Wildman–Crippen LogP) is 3.51. The Hall–Kier alpha value is -0.860. The van der Waals surface area contributed by atoms with Crippen molar-refractivity contribution in [3.63, 3.8) is 0 Å². The van der Waals surface area contributed by atoms with E-state index < -0.39 is 0 Å². The van der Waals surface area contributed by atoms with Gasteiger partial charge in [0.2, 0.25) is 0 Å². The molecule has 0 saturated heterocycles. The van der Waals surface area contributed by atoms with Gasteiger partial charge in [0.15, 0.2) is 0 Å². The Labute approximate surface area is 118 Å². The van der Waals surface area contributed by atoms with Crippen LogP contribution in [0.1, 0.15) is 50.3 Å². The van der Waals surface area contributed by atoms with Crippen molar-refractivity contribution in [2.75, 3.05) is 13.1 Å².